The summed E-state index contributed by atoms with van der Waals surface area (Å²) in [4.78, 5) is 3.60. The molecule has 0 unspecified atom stereocenters. The number of H-pyrrole nitrogens is 1. The first-order valence-electron chi connectivity index (χ1n) is 5.80. The third-order valence-corrected chi connectivity index (χ3v) is 3.79. The van der Waals surface area contributed by atoms with E-state index in [1.165, 1.54) is 10.6 Å². The van der Waals surface area contributed by atoms with Gasteiger partial charge in [-0.2, -0.15) is 5.10 Å². The normalized spacial score (nSPS) is 17.4. The average molecular weight is 249 g/mol. The van der Waals surface area contributed by atoms with Gasteiger partial charge in [0.1, 0.15) is 5.69 Å². The van der Waals surface area contributed by atoms with Crippen LogP contribution in [0.25, 0.3) is 10.6 Å². The van der Waals surface area contributed by atoms with Crippen LogP contribution in [-0.2, 0) is 11.3 Å². The van der Waals surface area contributed by atoms with E-state index >= 15 is 0 Å². The molecule has 0 spiro atoms. The molecule has 3 heterocycles. The van der Waals surface area contributed by atoms with Crippen molar-refractivity contribution in [3.05, 3.63) is 29.3 Å². The summed E-state index contributed by atoms with van der Waals surface area (Å²) in [5.41, 5.74) is 2.22. The molecule has 0 amide bonds. The SMILES string of the molecule is c1csc(-c2cc(CN3CCOCC3)[nH]n2)c1. The molecule has 1 fully saturated rings. The van der Waals surface area contributed by atoms with E-state index in [0.717, 1.165) is 38.5 Å². The van der Waals surface area contributed by atoms with E-state index in [1.807, 2.05) is 0 Å². The summed E-state index contributed by atoms with van der Waals surface area (Å²) in [6.07, 6.45) is 0. The Bertz CT molecular complexity index is 460. The van der Waals surface area contributed by atoms with E-state index in [4.69, 9.17) is 4.74 Å². The summed E-state index contributed by atoms with van der Waals surface area (Å²) in [6.45, 7) is 4.63. The number of aromatic nitrogens is 2. The van der Waals surface area contributed by atoms with Gasteiger partial charge in [-0.1, -0.05) is 6.07 Å². The Hall–Kier alpha value is -1.17. The van der Waals surface area contributed by atoms with Gasteiger partial charge in [0.05, 0.1) is 18.1 Å². The fourth-order valence-electron chi connectivity index (χ4n) is 1.99. The molecule has 2 aromatic heterocycles. The minimum Gasteiger partial charge on any atom is -0.379 e. The molecule has 0 radical (unpaired) electrons. The lowest BCUT2D eigenvalue weighted by molar-refractivity contribution is 0.0336. The first-order valence-corrected chi connectivity index (χ1v) is 6.68. The lowest BCUT2D eigenvalue weighted by atomic mass is 10.3. The number of morpholine rings is 1. The summed E-state index contributed by atoms with van der Waals surface area (Å²) in [5, 5.41) is 9.54. The topological polar surface area (TPSA) is 41.1 Å². The van der Waals surface area contributed by atoms with Crippen molar-refractivity contribution in [1.82, 2.24) is 15.1 Å². The molecule has 3 rings (SSSR count). The van der Waals surface area contributed by atoms with Gasteiger partial charge in [0, 0.05) is 25.3 Å². The summed E-state index contributed by atoms with van der Waals surface area (Å²) in [6, 6.07) is 6.29. The summed E-state index contributed by atoms with van der Waals surface area (Å²) >= 11 is 1.72. The van der Waals surface area contributed by atoms with Crippen molar-refractivity contribution >= 4 is 11.3 Å². The van der Waals surface area contributed by atoms with Crippen LogP contribution in [0.1, 0.15) is 5.69 Å². The Morgan fingerprint density at radius 3 is 3.06 bits per heavy atom. The lowest BCUT2D eigenvalue weighted by Crippen LogP contribution is -2.35. The van der Waals surface area contributed by atoms with Gasteiger partial charge in [-0.25, -0.2) is 0 Å². The number of hydrogen-bond donors (Lipinski definition) is 1. The predicted octanol–water partition coefficient (Wildman–Crippen LogP) is 1.97. The molecule has 1 saturated heterocycles. The van der Waals surface area contributed by atoms with Crippen molar-refractivity contribution in [3.63, 3.8) is 0 Å². The zero-order chi connectivity index (χ0) is 11.5. The van der Waals surface area contributed by atoms with Gasteiger partial charge in [-0.05, 0) is 17.5 Å². The Morgan fingerprint density at radius 1 is 1.41 bits per heavy atom. The van der Waals surface area contributed by atoms with Gasteiger partial charge in [0.2, 0.25) is 0 Å². The number of aromatic amines is 1. The molecule has 0 aliphatic carbocycles. The van der Waals surface area contributed by atoms with Gasteiger partial charge in [0.25, 0.3) is 0 Å². The Balaban J connectivity index is 1.68. The van der Waals surface area contributed by atoms with E-state index in [2.05, 4.69) is 38.7 Å². The molecule has 0 saturated carbocycles. The van der Waals surface area contributed by atoms with Crippen LogP contribution in [0, 0.1) is 0 Å². The zero-order valence-corrected chi connectivity index (χ0v) is 10.4. The molecule has 1 aliphatic rings. The maximum Gasteiger partial charge on any atom is 0.102 e. The molecular formula is C12H15N3OS. The van der Waals surface area contributed by atoms with Gasteiger partial charge in [-0.15, -0.1) is 11.3 Å². The van der Waals surface area contributed by atoms with Gasteiger partial charge < -0.3 is 4.74 Å². The third-order valence-electron chi connectivity index (χ3n) is 2.90. The molecule has 2 aromatic rings. The second-order valence-electron chi connectivity index (χ2n) is 4.14. The van der Waals surface area contributed by atoms with Crippen LogP contribution in [0.15, 0.2) is 23.6 Å². The van der Waals surface area contributed by atoms with E-state index in [0.29, 0.717) is 0 Å². The van der Waals surface area contributed by atoms with Crippen LogP contribution in [-0.4, -0.2) is 41.4 Å². The predicted molar refractivity (Wildman–Crippen MR) is 68.0 cm³/mol. The average Bonchev–Trinajstić information content (AvgIpc) is 3.00. The maximum atomic E-state index is 5.34. The van der Waals surface area contributed by atoms with Crippen molar-refractivity contribution in [2.45, 2.75) is 6.54 Å². The molecule has 1 N–H and O–H groups in total. The number of thiophene rings is 1. The molecule has 4 nitrogen and oxygen atoms in total. The second kappa shape index (κ2) is 5.00. The maximum absolute atomic E-state index is 5.34. The molecule has 0 bridgehead atoms. The zero-order valence-electron chi connectivity index (χ0n) is 9.56. The fraction of sp³-hybridized carbons (Fsp3) is 0.417. The number of ether oxygens (including phenoxy) is 1. The van der Waals surface area contributed by atoms with Crippen molar-refractivity contribution in [2.24, 2.45) is 0 Å². The monoisotopic (exact) mass is 249 g/mol. The quantitative estimate of drug-likeness (QED) is 0.904. The first kappa shape index (κ1) is 11.0. The van der Waals surface area contributed by atoms with E-state index in [1.54, 1.807) is 11.3 Å². The van der Waals surface area contributed by atoms with Crippen LogP contribution in [0.3, 0.4) is 0 Å². The van der Waals surface area contributed by atoms with Crippen LogP contribution < -0.4 is 0 Å². The van der Waals surface area contributed by atoms with E-state index < -0.39 is 0 Å². The van der Waals surface area contributed by atoms with E-state index in [9.17, 15) is 0 Å². The molecule has 0 atom stereocenters. The molecule has 0 aromatic carbocycles. The van der Waals surface area contributed by atoms with Gasteiger partial charge in [0.15, 0.2) is 0 Å². The molecule has 17 heavy (non-hydrogen) atoms. The summed E-state index contributed by atoms with van der Waals surface area (Å²) < 4.78 is 5.34. The van der Waals surface area contributed by atoms with Crippen molar-refractivity contribution in [2.75, 3.05) is 26.3 Å². The minimum atomic E-state index is 0.839. The van der Waals surface area contributed by atoms with Crippen LogP contribution >= 0.6 is 11.3 Å². The van der Waals surface area contributed by atoms with Crippen molar-refractivity contribution < 1.29 is 4.74 Å². The van der Waals surface area contributed by atoms with Crippen molar-refractivity contribution in [3.8, 4) is 10.6 Å². The smallest absolute Gasteiger partial charge is 0.102 e. The number of nitrogens with one attached hydrogen (secondary N) is 1. The highest BCUT2D eigenvalue weighted by Crippen LogP contribution is 2.23. The highest BCUT2D eigenvalue weighted by molar-refractivity contribution is 7.13. The highest BCUT2D eigenvalue weighted by Gasteiger charge is 2.12. The number of nitrogens with zero attached hydrogens (tertiary/aromatic N) is 2. The van der Waals surface area contributed by atoms with Crippen LogP contribution in [0.5, 0.6) is 0 Å². The Morgan fingerprint density at radius 2 is 2.29 bits per heavy atom. The largest absolute Gasteiger partial charge is 0.379 e. The second-order valence-corrected chi connectivity index (χ2v) is 5.09. The third kappa shape index (κ3) is 2.57. The van der Waals surface area contributed by atoms with Crippen LogP contribution in [0.4, 0.5) is 0 Å². The summed E-state index contributed by atoms with van der Waals surface area (Å²) in [5.74, 6) is 0. The van der Waals surface area contributed by atoms with Gasteiger partial charge >= 0.3 is 0 Å². The molecule has 90 valence electrons. The van der Waals surface area contributed by atoms with Gasteiger partial charge in [-0.3, -0.25) is 10.00 Å². The number of hydrogen-bond acceptors (Lipinski definition) is 4. The van der Waals surface area contributed by atoms with E-state index in [-0.39, 0.29) is 0 Å². The van der Waals surface area contributed by atoms with Crippen molar-refractivity contribution in [1.29, 1.82) is 0 Å². The Kier molecular flexibility index (Phi) is 3.22. The Labute approximate surface area is 104 Å². The highest BCUT2D eigenvalue weighted by atomic mass is 32.1. The molecular weight excluding hydrogens is 234 g/mol. The number of rotatable bonds is 3. The molecule has 5 heteroatoms. The fourth-order valence-corrected chi connectivity index (χ4v) is 2.68. The standard InChI is InChI=1S/C12H15N3OS/c1-2-12(17-7-1)11-8-10(13-14-11)9-15-3-5-16-6-4-15/h1-2,7-8H,3-6,9H2,(H,13,14). The first-order chi connectivity index (χ1) is 8.42. The summed E-state index contributed by atoms with van der Waals surface area (Å²) in [7, 11) is 0. The minimum absolute atomic E-state index is 0.839. The molecule has 1 aliphatic heterocycles. The lowest BCUT2D eigenvalue weighted by Gasteiger charge is -2.25. The van der Waals surface area contributed by atoms with Crippen LogP contribution in [0.2, 0.25) is 0 Å².